The standard InChI is InChI=1S/C17H33NO2Si/c1-8-15(13-16(19)18-11-9-10-12-18)14(2)20-21(6,7)17(3,4)5/h8,14-15H,1,9-13H2,2-7H3/t14-,15-/m0/s1. The van der Waals surface area contributed by atoms with Crippen LogP contribution in [0.15, 0.2) is 12.7 Å². The quantitative estimate of drug-likeness (QED) is 0.543. The van der Waals surface area contributed by atoms with E-state index in [1.165, 1.54) is 0 Å². The third-order valence-electron chi connectivity index (χ3n) is 5.06. The molecule has 21 heavy (non-hydrogen) atoms. The predicted molar refractivity (Wildman–Crippen MR) is 91.9 cm³/mol. The molecule has 1 fully saturated rings. The number of hydrogen-bond donors (Lipinski definition) is 0. The molecule has 122 valence electrons. The Morgan fingerprint density at radius 1 is 1.33 bits per heavy atom. The number of hydrogen-bond acceptors (Lipinski definition) is 2. The van der Waals surface area contributed by atoms with E-state index in [-0.39, 0.29) is 23.0 Å². The second-order valence-corrected chi connectivity index (χ2v) is 12.5. The average Bonchev–Trinajstić information content (AvgIpc) is 2.87. The first-order valence-electron chi connectivity index (χ1n) is 8.16. The van der Waals surface area contributed by atoms with Gasteiger partial charge in [-0.3, -0.25) is 4.79 Å². The maximum absolute atomic E-state index is 12.3. The summed E-state index contributed by atoms with van der Waals surface area (Å²) in [6, 6.07) is 0. The van der Waals surface area contributed by atoms with E-state index in [9.17, 15) is 4.79 Å². The van der Waals surface area contributed by atoms with Crippen molar-refractivity contribution in [1.82, 2.24) is 4.90 Å². The first kappa shape index (κ1) is 18.4. The Morgan fingerprint density at radius 3 is 2.29 bits per heavy atom. The lowest BCUT2D eigenvalue weighted by molar-refractivity contribution is -0.131. The lowest BCUT2D eigenvalue weighted by Crippen LogP contribution is -2.45. The lowest BCUT2D eigenvalue weighted by Gasteiger charge is -2.40. The SMILES string of the molecule is C=C[C@@H](CC(=O)N1CCCC1)[C@H](C)O[Si](C)(C)C(C)(C)C. The molecule has 2 atom stereocenters. The summed E-state index contributed by atoms with van der Waals surface area (Å²) < 4.78 is 6.42. The van der Waals surface area contributed by atoms with E-state index in [4.69, 9.17) is 4.43 Å². The van der Waals surface area contributed by atoms with Crippen molar-refractivity contribution in [3.05, 3.63) is 12.7 Å². The van der Waals surface area contributed by atoms with E-state index in [0.29, 0.717) is 6.42 Å². The molecule has 0 aromatic rings. The summed E-state index contributed by atoms with van der Waals surface area (Å²) in [4.78, 5) is 14.3. The number of carbonyl (C=O) groups is 1. The minimum absolute atomic E-state index is 0.0509. The number of amides is 1. The third-order valence-corrected chi connectivity index (χ3v) is 9.63. The Hall–Kier alpha value is -0.613. The Labute approximate surface area is 131 Å². The van der Waals surface area contributed by atoms with Gasteiger partial charge in [-0.05, 0) is 37.9 Å². The molecule has 0 radical (unpaired) electrons. The van der Waals surface area contributed by atoms with Crippen molar-refractivity contribution in [3.63, 3.8) is 0 Å². The van der Waals surface area contributed by atoms with Gasteiger partial charge >= 0.3 is 0 Å². The zero-order chi connectivity index (χ0) is 16.3. The van der Waals surface area contributed by atoms with E-state index in [1.807, 2.05) is 11.0 Å². The van der Waals surface area contributed by atoms with Crippen molar-refractivity contribution in [2.75, 3.05) is 13.1 Å². The van der Waals surface area contributed by atoms with E-state index in [1.54, 1.807) is 0 Å². The van der Waals surface area contributed by atoms with Gasteiger partial charge in [-0.2, -0.15) is 0 Å². The maximum Gasteiger partial charge on any atom is 0.223 e. The van der Waals surface area contributed by atoms with Gasteiger partial charge in [0.05, 0.1) is 0 Å². The highest BCUT2D eigenvalue weighted by Gasteiger charge is 2.39. The fraction of sp³-hybridized carbons (Fsp3) is 0.824. The summed E-state index contributed by atoms with van der Waals surface area (Å²) in [5.41, 5.74) is 0. The molecule has 1 saturated heterocycles. The van der Waals surface area contributed by atoms with Gasteiger partial charge in [0, 0.05) is 31.5 Å². The molecular weight excluding hydrogens is 278 g/mol. The predicted octanol–water partition coefficient (Wildman–Crippen LogP) is 4.21. The van der Waals surface area contributed by atoms with Crippen molar-refractivity contribution in [2.45, 2.75) is 71.2 Å². The Kier molecular flexibility index (Phi) is 6.23. The van der Waals surface area contributed by atoms with E-state index < -0.39 is 8.32 Å². The molecule has 0 N–H and O–H groups in total. The fourth-order valence-corrected chi connectivity index (χ4v) is 3.92. The molecule has 1 aliphatic rings. The molecule has 0 aliphatic carbocycles. The van der Waals surface area contributed by atoms with Crippen molar-refractivity contribution in [1.29, 1.82) is 0 Å². The number of carbonyl (C=O) groups excluding carboxylic acids is 1. The Morgan fingerprint density at radius 2 is 1.86 bits per heavy atom. The van der Waals surface area contributed by atoms with Gasteiger partial charge in [-0.15, -0.1) is 6.58 Å². The van der Waals surface area contributed by atoms with Gasteiger partial charge in [0.15, 0.2) is 8.32 Å². The number of rotatable bonds is 6. The minimum atomic E-state index is -1.80. The topological polar surface area (TPSA) is 29.5 Å². The van der Waals surface area contributed by atoms with Crippen LogP contribution in [0.5, 0.6) is 0 Å². The van der Waals surface area contributed by atoms with Crippen LogP contribution in [-0.4, -0.2) is 38.3 Å². The summed E-state index contributed by atoms with van der Waals surface area (Å²) in [5.74, 6) is 0.357. The zero-order valence-corrected chi connectivity index (χ0v) is 15.7. The monoisotopic (exact) mass is 311 g/mol. The second kappa shape index (κ2) is 7.10. The smallest absolute Gasteiger partial charge is 0.223 e. The molecule has 3 nitrogen and oxygen atoms in total. The lowest BCUT2D eigenvalue weighted by atomic mass is 9.99. The van der Waals surface area contributed by atoms with Gasteiger partial charge in [0.2, 0.25) is 5.91 Å². The van der Waals surface area contributed by atoms with Crippen molar-refractivity contribution in [3.8, 4) is 0 Å². The summed E-state index contributed by atoms with van der Waals surface area (Å²) in [5, 5.41) is 0.186. The van der Waals surface area contributed by atoms with Crippen LogP contribution in [0.4, 0.5) is 0 Å². The molecule has 1 rings (SSSR count). The Balaban J connectivity index is 2.62. The van der Waals surface area contributed by atoms with E-state index >= 15 is 0 Å². The second-order valence-electron chi connectivity index (χ2n) is 7.77. The van der Waals surface area contributed by atoms with E-state index in [0.717, 1.165) is 25.9 Å². The zero-order valence-electron chi connectivity index (χ0n) is 14.7. The van der Waals surface area contributed by atoms with Gasteiger partial charge in [-0.25, -0.2) is 0 Å². The molecule has 0 saturated carbocycles. The molecule has 0 aromatic heterocycles. The first-order valence-corrected chi connectivity index (χ1v) is 11.1. The van der Waals surface area contributed by atoms with Crippen LogP contribution in [0, 0.1) is 5.92 Å². The maximum atomic E-state index is 12.3. The van der Waals surface area contributed by atoms with Gasteiger partial charge in [0.1, 0.15) is 0 Å². The third kappa shape index (κ3) is 4.96. The summed E-state index contributed by atoms with van der Waals surface area (Å²) in [7, 11) is -1.80. The van der Waals surface area contributed by atoms with Crippen LogP contribution in [0.25, 0.3) is 0 Å². The number of nitrogens with zero attached hydrogens (tertiary/aromatic N) is 1. The van der Waals surface area contributed by atoms with Crippen LogP contribution in [-0.2, 0) is 9.22 Å². The summed E-state index contributed by atoms with van der Waals surface area (Å²) in [6.07, 6.45) is 4.75. The Bertz CT molecular complexity index is 367. The average molecular weight is 312 g/mol. The molecule has 1 aliphatic heterocycles. The van der Waals surface area contributed by atoms with Crippen molar-refractivity contribution in [2.24, 2.45) is 5.92 Å². The van der Waals surface area contributed by atoms with Crippen LogP contribution < -0.4 is 0 Å². The number of likely N-dealkylation sites (tertiary alicyclic amines) is 1. The van der Waals surface area contributed by atoms with Crippen LogP contribution in [0.3, 0.4) is 0 Å². The highest BCUT2D eigenvalue weighted by molar-refractivity contribution is 6.74. The highest BCUT2D eigenvalue weighted by Crippen LogP contribution is 2.38. The van der Waals surface area contributed by atoms with Gasteiger partial charge < -0.3 is 9.33 Å². The molecule has 0 unspecified atom stereocenters. The van der Waals surface area contributed by atoms with Crippen molar-refractivity contribution < 1.29 is 9.22 Å². The van der Waals surface area contributed by atoms with Crippen molar-refractivity contribution >= 4 is 14.2 Å². The van der Waals surface area contributed by atoms with Gasteiger partial charge in [-0.1, -0.05) is 26.8 Å². The summed E-state index contributed by atoms with van der Waals surface area (Å²) >= 11 is 0. The molecule has 4 heteroatoms. The van der Waals surface area contributed by atoms with Crippen LogP contribution in [0.1, 0.15) is 47.0 Å². The summed E-state index contributed by atoms with van der Waals surface area (Å²) in [6.45, 7) is 19.1. The molecule has 1 heterocycles. The van der Waals surface area contributed by atoms with Crippen LogP contribution >= 0.6 is 0 Å². The normalized spacial score (nSPS) is 19.4. The van der Waals surface area contributed by atoms with Crippen LogP contribution in [0.2, 0.25) is 18.1 Å². The molecule has 0 aromatic carbocycles. The minimum Gasteiger partial charge on any atom is -0.414 e. The molecular formula is C17H33NO2Si. The highest BCUT2D eigenvalue weighted by atomic mass is 28.4. The van der Waals surface area contributed by atoms with E-state index in [2.05, 4.69) is 47.4 Å². The fourth-order valence-electron chi connectivity index (χ4n) is 2.47. The van der Waals surface area contributed by atoms with Gasteiger partial charge in [0.25, 0.3) is 0 Å². The molecule has 1 amide bonds. The molecule has 0 bridgehead atoms. The molecule has 0 spiro atoms. The first-order chi connectivity index (χ1) is 9.58. The largest absolute Gasteiger partial charge is 0.414 e.